The van der Waals surface area contributed by atoms with Crippen molar-refractivity contribution in [2.24, 2.45) is 0 Å². The first-order chi connectivity index (χ1) is 10.6. The van der Waals surface area contributed by atoms with Crippen LogP contribution in [0.15, 0.2) is 51.1 Å². The molecule has 2 aromatic carbocycles. The largest absolute Gasteiger partial charge is 0.494 e. The highest BCUT2D eigenvalue weighted by Gasteiger charge is 2.14. The van der Waals surface area contributed by atoms with Gasteiger partial charge in [-0.25, -0.2) is 4.21 Å². The molecule has 0 aliphatic rings. The molecule has 2 aromatic rings. The third-order valence-electron chi connectivity index (χ3n) is 2.99. The van der Waals surface area contributed by atoms with Crippen molar-refractivity contribution in [1.82, 2.24) is 0 Å². The zero-order chi connectivity index (χ0) is 16.1. The highest BCUT2D eigenvalue weighted by Crippen LogP contribution is 2.31. The van der Waals surface area contributed by atoms with Crippen molar-refractivity contribution in [3.8, 4) is 5.75 Å². The number of nitrogen functional groups attached to an aromatic ring is 2. The zero-order valence-electron chi connectivity index (χ0n) is 12.7. The first-order valence-corrected chi connectivity index (χ1v) is 9.16. The van der Waals surface area contributed by atoms with Gasteiger partial charge in [0.25, 0.3) is 0 Å². The summed E-state index contributed by atoms with van der Waals surface area (Å²) in [6, 6.07) is 10.7. The lowest BCUT2D eigenvalue weighted by molar-refractivity contribution is 0.339. The SMILES string of the molecule is CCOc1ccc(N)c(S(=O)c2ccc(N)c(SCC)c2)c1. The molecular weight excluding hydrogens is 316 g/mol. The number of anilines is 2. The first kappa shape index (κ1) is 16.7. The van der Waals surface area contributed by atoms with Crippen LogP contribution in [-0.4, -0.2) is 16.6 Å². The molecule has 6 heteroatoms. The maximum Gasteiger partial charge on any atom is 0.120 e. The molecule has 118 valence electrons. The van der Waals surface area contributed by atoms with E-state index in [0.717, 1.165) is 10.6 Å². The van der Waals surface area contributed by atoms with Gasteiger partial charge >= 0.3 is 0 Å². The standard InChI is InChI=1S/C16H20N2O2S2/c1-3-20-11-5-7-14(18)16(9-11)22(19)12-6-8-13(17)15(10-12)21-4-2/h5-10H,3-4,17-18H2,1-2H3. The predicted molar refractivity (Wildman–Crippen MR) is 94.0 cm³/mol. The van der Waals surface area contributed by atoms with Gasteiger partial charge in [-0.3, -0.25) is 0 Å². The molecule has 0 aliphatic heterocycles. The van der Waals surface area contributed by atoms with Gasteiger partial charge in [-0.2, -0.15) is 0 Å². The molecule has 0 heterocycles. The maximum absolute atomic E-state index is 12.8. The van der Waals surface area contributed by atoms with Crippen LogP contribution in [0.3, 0.4) is 0 Å². The summed E-state index contributed by atoms with van der Waals surface area (Å²) in [5, 5.41) is 0. The van der Waals surface area contributed by atoms with Gasteiger partial charge < -0.3 is 16.2 Å². The predicted octanol–water partition coefficient (Wildman–Crippen LogP) is 3.53. The molecule has 0 aromatic heterocycles. The minimum absolute atomic E-state index is 0.489. The van der Waals surface area contributed by atoms with Gasteiger partial charge in [-0.15, -0.1) is 11.8 Å². The van der Waals surface area contributed by atoms with Gasteiger partial charge in [-0.1, -0.05) is 6.92 Å². The molecule has 1 atom stereocenters. The molecule has 0 aliphatic carbocycles. The second kappa shape index (κ2) is 7.56. The first-order valence-electron chi connectivity index (χ1n) is 7.03. The summed E-state index contributed by atoms with van der Waals surface area (Å²) in [6.45, 7) is 4.51. The summed E-state index contributed by atoms with van der Waals surface area (Å²) >= 11 is 1.63. The van der Waals surface area contributed by atoms with Crippen molar-refractivity contribution in [1.29, 1.82) is 0 Å². The van der Waals surface area contributed by atoms with Gasteiger partial charge in [0.1, 0.15) is 5.75 Å². The van der Waals surface area contributed by atoms with Crippen LogP contribution in [0.2, 0.25) is 0 Å². The average Bonchev–Trinajstić information content (AvgIpc) is 2.51. The number of nitrogens with two attached hydrogens (primary N) is 2. The normalized spacial score (nSPS) is 12.1. The summed E-state index contributed by atoms with van der Waals surface area (Å²) in [4.78, 5) is 2.18. The Balaban J connectivity index is 2.39. The second-order valence-corrected chi connectivity index (χ2v) is 7.29. The summed E-state index contributed by atoms with van der Waals surface area (Å²) in [5.74, 6) is 1.57. The van der Waals surface area contributed by atoms with E-state index in [2.05, 4.69) is 6.92 Å². The molecule has 4 N–H and O–H groups in total. The van der Waals surface area contributed by atoms with Crippen LogP contribution in [0.1, 0.15) is 13.8 Å². The van der Waals surface area contributed by atoms with E-state index in [4.69, 9.17) is 16.2 Å². The molecular formula is C16H20N2O2S2. The van der Waals surface area contributed by atoms with E-state index >= 15 is 0 Å². The zero-order valence-corrected chi connectivity index (χ0v) is 14.3. The van der Waals surface area contributed by atoms with Gasteiger partial charge in [0.05, 0.1) is 22.3 Å². The van der Waals surface area contributed by atoms with Crippen molar-refractivity contribution >= 4 is 33.9 Å². The van der Waals surface area contributed by atoms with Crippen LogP contribution < -0.4 is 16.2 Å². The minimum Gasteiger partial charge on any atom is -0.494 e. The summed E-state index contributed by atoms with van der Waals surface area (Å²) in [5.41, 5.74) is 13.1. The third-order valence-corrected chi connectivity index (χ3v) is 5.38. The fourth-order valence-corrected chi connectivity index (χ4v) is 3.98. The lowest BCUT2D eigenvalue weighted by Gasteiger charge is -2.11. The smallest absolute Gasteiger partial charge is 0.120 e. The van der Waals surface area contributed by atoms with E-state index in [0.29, 0.717) is 33.5 Å². The van der Waals surface area contributed by atoms with Crippen LogP contribution in [0.4, 0.5) is 11.4 Å². The Morgan fingerprint density at radius 1 is 1.09 bits per heavy atom. The molecule has 4 nitrogen and oxygen atoms in total. The molecule has 0 saturated carbocycles. The summed E-state index contributed by atoms with van der Waals surface area (Å²) in [6.07, 6.45) is 0. The van der Waals surface area contributed by atoms with Crippen LogP contribution >= 0.6 is 11.8 Å². The maximum atomic E-state index is 12.8. The number of ether oxygens (including phenoxy) is 1. The number of rotatable bonds is 6. The van der Waals surface area contributed by atoms with E-state index in [9.17, 15) is 4.21 Å². The molecule has 22 heavy (non-hydrogen) atoms. The third kappa shape index (κ3) is 3.75. The number of hydrogen-bond donors (Lipinski definition) is 2. The fourth-order valence-electron chi connectivity index (χ4n) is 1.97. The van der Waals surface area contributed by atoms with Crippen molar-refractivity contribution in [2.75, 3.05) is 23.8 Å². The molecule has 0 bridgehead atoms. The lowest BCUT2D eigenvalue weighted by atomic mass is 10.3. The summed E-state index contributed by atoms with van der Waals surface area (Å²) < 4.78 is 18.3. The average molecular weight is 336 g/mol. The van der Waals surface area contributed by atoms with Crippen LogP contribution in [0, 0.1) is 0 Å². The molecule has 0 spiro atoms. The molecule has 0 amide bonds. The number of hydrogen-bond acceptors (Lipinski definition) is 5. The van der Waals surface area contributed by atoms with Crippen LogP contribution in [-0.2, 0) is 10.8 Å². The lowest BCUT2D eigenvalue weighted by Crippen LogP contribution is -2.01. The monoisotopic (exact) mass is 336 g/mol. The highest BCUT2D eigenvalue weighted by atomic mass is 32.2. The Hall–Kier alpha value is -1.66. The van der Waals surface area contributed by atoms with E-state index in [1.807, 2.05) is 13.0 Å². The van der Waals surface area contributed by atoms with Crippen molar-refractivity contribution in [2.45, 2.75) is 28.5 Å². The molecule has 2 rings (SSSR count). The highest BCUT2D eigenvalue weighted by molar-refractivity contribution is 7.99. The Morgan fingerprint density at radius 2 is 1.82 bits per heavy atom. The fraction of sp³-hybridized carbons (Fsp3) is 0.250. The van der Waals surface area contributed by atoms with Gasteiger partial charge in [0.15, 0.2) is 0 Å². The topological polar surface area (TPSA) is 78.3 Å². The Morgan fingerprint density at radius 3 is 2.50 bits per heavy atom. The van der Waals surface area contributed by atoms with Crippen molar-refractivity contribution < 1.29 is 8.95 Å². The summed E-state index contributed by atoms with van der Waals surface area (Å²) in [7, 11) is -1.37. The van der Waals surface area contributed by atoms with E-state index < -0.39 is 10.8 Å². The molecule has 0 saturated heterocycles. The van der Waals surface area contributed by atoms with Crippen molar-refractivity contribution in [3.63, 3.8) is 0 Å². The quantitative estimate of drug-likeness (QED) is 0.623. The van der Waals surface area contributed by atoms with Crippen molar-refractivity contribution in [3.05, 3.63) is 36.4 Å². The minimum atomic E-state index is -1.37. The van der Waals surface area contributed by atoms with Crippen LogP contribution in [0.25, 0.3) is 0 Å². The van der Waals surface area contributed by atoms with Gasteiger partial charge in [0, 0.05) is 21.2 Å². The van der Waals surface area contributed by atoms with Gasteiger partial charge in [-0.05, 0) is 49.1 Å². The van der Waals surface area contributed by atoms with E-state index in [-0.39, 0.29) is 0 Å². The van der Waals surface area contributed by atoms with E-state index in [1.54, 1.807) is 42.1 Å². The Bertz CT molecular complexity index is 690. The Kier molecular flexibility index (Phi) is 5.74. The number of thioether (sulfide) groups is 1. The van der Waals surface area contributed by atoms with E-state index in [1.165, 1.54) is 0 Å². The van der Waals surface area contributed by atoms with Crippen LogP contribution in [0.5, 0.6) is 5.75 Å². The van der Waals surface area contributed by atoms with Gasteiger partial charge in [0.2, 0.25) is 0 Å². The second-order valence-electron chi connectivity index (χ2n) is 4.53. The molecule has 0 radical (unpaired) electrons. The Labute approximate surface area is 137 Å². The molecule has 1 unspecified atom stereocenters. The number of benzene rings is 2. The molecule has 0 fully saturated rings.